The number of nitrogen functional groups attached to an aromatic ring is 1. The van der Waals surface area contributed by atoms with Crippen LogP contribution in [0.2, 0.25) is 0 Å². The van der Waals surface area contributed by atoms with Crippen LogP contribution in [0.4, 0.5) is 5.69 Å². The molecule has 0 unspecified atom stereocenters. The Morgan fingerprint density at radius 3 is 2.73 bits per heavy atom. The van der Waals surface area contributed by atoms with Crippen LogP contribution < -0.4 is 11.1 Å². The first-order chi connectivity index (χ1) is 7.19. The Labute approximate surface area is 86.8 Å². The zero-order valence-corrected chi connectivity index (χ0v) is 8.05. The summed E-state index contributed by atoms with van der Waals surface area (Å²) in [6, 6.07) is 2.47. The van der Waals surface area contributed by atoms with Crippen molar-refractivity contribution in [2.75, 3.05) is 18.9 Å². The Morgan fingerprint density at radius 2 is 2.20 bits per heavy atom. The fourth-order valence-electron chi connectivity index (χ4n) is 1.01. The number of nitrogens with one attached hydrogen (secondary N) is 1. The van der Waals surface area contributed by atoms with Crippen molar-refractivity contribution in [3.63, 3.8) is 0 Å². The molecule has 0 aliphatic carbocycles. The van der Waals surface area contributed by atoms with E-state index in [4.69, 9.17) is 15.9 Å². The molecule has 0 saturated heterocycles. The van der Waals surface area contributed by atoms with Gasteiger partial charge in [-0.25, -0.2) is 4.98 Å². The van der Waals surface area contributed by atoms with Gasteiger partial charge in [-0.3, -0.25) is 4.79 Å². The number of aliphatic hydroxyl groups excluding tert-OH is 2. The van der Waals surface area contributed by atoms with E-state index < -0.39 is 11.9 Å². The Kier molecular flexibility index (Phi) is 4.02. The first-order valence-corrected chi connectivity index (χ1v) is 4.42. The van der Waals surface area contributed by atoms with Crippen LogP contribution in [0.25, 0.3) is 0 Å². The molecule has 0 aromatic carbocycles. The number of carbonyl (C=O) groups excluding carboxylic acids is 1. The van der Waals surface area contributed by atoms with Crippen molar-refractivity contribution in [3.8, 4) is 0 Å². The molecule has 6 heteroatoms. The van der Waals surface area contributed by atoms with Crippen molar-refractivity contribution in [2.24, 2.45) is 0 Å². The lowest BCUT2D eigenvalue weighted by molar-refractivity contribution is 0.0875. The molecular formula is C9H13N3O3. The summed E-state index contributed by atoms with van der Waals surface area (Å²) in [6.45, 7) is -0.677. The summed E-state index contributed by atoms with van der Waals surface area (Å²) >= 11 is 0. The molecule has 15 heavy (non-hydrogen) atoms. The van der Waals surface area contributed by atoms with Gasteiger partial charge in [-0.2, -0.15) is 0 Å². The lowest BCUT2D eigenvalue weighted by Gasteiger charge is -2.13. The van der Waals surface area contributed by atoms with E-state index in [1.165, 1.54) is 6.20 Å². The summed E-state index contributed by atoms with van der Waals surface area (Å²) in [6.07, 6.45) is 1.44. The molecule has 1 aromatic rings. The second-order valence-corrected chi connectivity index (χ2v) is 2.98. The summed E-state index contributed by atoms with van der Waals surface area (Å²) in [5.41, 5.74) is 5.87. The van der Waals surface area contributed by atoms with Crippen LogP contribution >= 0.6 is 0 Å². The number of anilines is 1. The molecule has 5 N–H and O–H groups in total. The van der Waals surface area contributed by atoms with Gasteiger partial charge in [0.15, 0.2) is 5.69 Å². The maximum atomic E-state index is 11.5. The van der Waals surface area contributed by atoms with Crippen LogP contribution in [0.3, 0.4) is 0 Å². The summed E-state index contributed by atoms with van der Waals surface area (Å²) in [5.74, 6) is -0.513. The third-order valence-corrected chi connectivity index (χ3v) is 1.83. The molecule has 0 atom stereocenters. The Balaban J connectivity index is 2.73. The predicted octanol–water partition coefficient (Wildman–Crippen LogP) is -1.25. The van der Waals surface area contributed by atoms with Crippen LogP contribution in [0.5, 0.6) is 0 Å². The molecule has 0 spiro atoms. The highest BCUT2D eigenvalue weighted by Crippen LogP contribution is 2.06. The number of nitrogens with two attached hydrogens (primary N) is 1. The van der Waals surface area contributed by atoms with Gasteiger partial charge in [-0.15, -0.1) is 0 Å². The molecule has 0 aliphatic heterocycles. The summed E-state index contributed by atoms with van der Waals surface area (Å²) in [4.78, 5) is 15.3. The standard InChI is InChI=1S/C9H13N3O3/c10-7-2-1-3-11-8(7)9(15)12-6(4-13)5-14/h1-3,6,13-14H,4-5,10H2,(H,12,15). The molecule has 0 radical (unpaired) electrons. The lowest BCUT2D eigenvalue weighted by Crippen LogP contribution is -2.40. The smallest absolute Gasteiger partial charge is 0.272 e. The fourth-order valence-corrected chi connectivity index (χ4v) is 1.01. The summed E-state index contributed by atoms with van der Waals surface area (Å²) < 4.78 is 0. The normalized spacial score (nSPS) is 10.3. The molecule has 0 bridgehead atoms. The van der Waals surface area contributed by atoms with E-state index >= 15 is 0 Å². The van der Waals surface area contributed by atoms with E-state index in [0.29, 0.717) is 0 Å². The predicted molar refractivity (Wildman–Crippen MR) is 54.1 cm³/mol. The molecule has 1 heterocycles. The maximum absolute atomic E-state index is 11.5. The van der Waals surface area contributed by atoms with Gasteiger partial charge in [-0.1, -0.05) is 0 Å². The molecule has 6 nitrogen and oxygen atoms in total. The van der Waals surface area contributed by atoms with Crippen molar-refractivity contribution in [2.45, 2.75) is 6.04 Å². The van der Waals surface area contributed by atoms with Crippen molar-refractivity contribution in [3.05, 3.63) is 24.0 Å². The highest BCUT2D eigenvalue weighted by molar-refractivity contribution is 5.97. The lowest BCUT2D eigenvalue weighted by atomic mass is 10.2. The number of hydrogen-bond acceptors (Lipinski definition) is 5. The number of aromatic nitrogens is 1. The third kappa shape index (κ3) is 2.90. The largest absolute Gasteiger partial charge is 0.397 e. The SMILES string of the molecule is Nc1cccnc1C(=O)NC(CO)CO. The first kappa shape index (κ1) is 11.4. The van der Waals surface area contributed by atoms with Gasteiger partial charge < -0.3 is 21.3 Å². The van der Waals surface area contributed by atoms with Gasteiger partial charge in [0.1, 0.15) is 0 Å². The second-order valence-electron chi connectivity index (χ2n) is 2.98. The second kappa shape index (κ2) is 5.28. The van der Waals surface area contributed by atoms with E-state index in [-0.39, 0.29) is 24.6 Å². The zero-order chi connectivity index (χ0) is 11.3. The fraction of sp³-hybridized carbons (Fsp3) is 0.333. The Hall–Kier alpha value is -1.66. The van der Waals surface area contributed by atoms with Gasteiger partial charge in [0.05, 0.1) is 24.9 Å². The Bertz CT molecular complexity index is 339. The van der Waals surface area contributed by atoms with Crippen molar-refractivity contribution < 1.29 is 15.0 Å². The summed E-state index contributed by atoms with van der Waals surface area (Å²) in [7, 11) is 0. The molecular weight excluding hydrogens is 198 g/mol. The first-order valence-electron chi connectivity index (χ1n) is 4.42. The minimum Gasteiger partial charge on any atom is -0.397 e. The molecule has 1 amide bonds. The maximum Gasteiger partial charge on any atom is 0.272 e. The number of pyridine rings is 1. The van der Waals surface area contributed by atoms with Crippen molar-refractivity contribution in [1.29, 1.82) is 0 Å². The van der Waals surface area contributed by atoms with Crippen LogP contribution in [0.15, 0.2) is 18.3 Å². The van der Waals surface area contributed by atoms with Crippen molar-refractivity contribution in [1.82, 2.24) is 10.3 Å². The molecule has 0 fully saturated rings. The molecule has 0 saturated carbocycles. The Morgan fingerprint density at radius 1 is 1.53 bits per heavy atom. The number of aliphatic hydroxyl groups is 2. The van der Waals surface area contributed by atoms with E-state index in [9.17, 15) is 4.79 Å². The minimum atomic E-state index is -0.695. The molecule has 82 valence electrons. The van der Waals surface area contributed by atoms with Gasteiger partial charge in [0, 0.05) is 6.20 Å². The number of hydrogen-bond donors (Lipinski definition) is 4. The minimum absolute atomic E-state index is 0.0874. The summed E-state index contributed by atoms with van der Waals surface area (Å²) in [5, 5.41) is 19.9. The highest BCUT2D eigenvalue weighted by atomic mass is 16.3. The van der Waals surface area contributed by atoms with Gasteiger partial charge in [0.25, 0.3) is 5.91 Å². The van der Waals surface area contributed by atoms with Crippen LogP contribution in [0, 0.1) is 0 Å². The molecule has 1 rings (SSSR count). The third-order valence-electron chi connectivity index (χ3n) is 1.83. The zero-order valence-electron chi connectivity index (χ0n) is 8.05. The van der Waals surface area contributed by atoms with E-state index in [1.54, 1.807) is 12.1 Å². The number of rotatable bonds is 4. The van der Waals surface area contributed by atoms with Crippen LogP contribution in [0.1, 0.15) is 10.5 Å². The molecule has 0 aliphatic rings. The topological polar surface area (TPSA) is 108 Å². The van der Waals surface area contributed by atoms with E-state index in [0.717, 1.165) is 0 Å². The number of amides is 1. The van der Waals surface area contributed by atoms with Gasteiger partial charge in [0.2, 0.25) is 0 Å². The average Bonchev–Trinajstić information content (AvgIpc) is 2.26. The van der Waals surface area contributed by atoms with E-state index in [2.05, 4.69) is 10.3 Å². The van der Waals surface area contributed by atoms with Crippen LogP contribution in [-0.2, 0) is 0 Å². The monoisotopic (exact) mass is 211 g/mol. The van der Waals surface area contributed by atoms with Gasteiger partial charge >= 0.3 is 0 Å². The van der Waals surface area contributed by atoms with Crippen molar-refractivity contribution >= 4 is 11.6 Å². The number of carbonyl (C=O) groups is 1. The average molecular weight is 211 g/mol. The molecule has 1 aromatic heterocycles. The van der Waals surface area contributed by atoms with Gasteiger partial charge in [-0.05, 0) is 12.1 Å². The number of nitrogens with zero attached hydrogens (tertiary/aromatic N) is 1. The van der Waals surface area contributed by atoms with E-state index in [1.807, 2.05) is 0 Å². The highest BCUT2D eigenvalue weighted by Gasteiger charge is 2.14. The van der Waals surface area contributed by atoms with Crippen LogP contribution in [-0.4, -0.2) is 40.4 Å². The quantitative estimate of drug-likeness (QED) is 0.497.